The topological polar surface area (TPSA) is 88.9 Å². The van der Waals surface area contributed by atoms with Crippen LogP contribution in [0.25, 0.3) is 0 Å². The van der Waals surface area contributed by atoms with E-state index in [0.29, 0.717) is 21.6 Å². The zero-order chi connectivity index (χ0) is 24.1. The van der Waals surface area contributed by atoms with Crippen molar-refractivity contribution in [3.63, 3.8) is 0 Å². The molecule has 0 aliphatic rings. The lowest BCUT2D eigenvalue weighted by atomic mass is 10.0. The number of rotatable bonds is 8. The van der Waals surface area contributed by atoms with Gasteiger partial charge in [0.05, 0.1) is 22.4 Å². The molecular formula is C24H28ClN5O2S. The molecule has 0 saturated carbocycles. The van der Waals surface area contributed by atoms with E-state index in [0.717, 1.165) is 11.3 Å². The summed E-state index contributed by atoms with van der Waals surface area (Å²) in [4.78, 5) is 25.2. The Balaban J connectivity index is 1.67. The number of anilines is 1. The van der Waals surface area contributed by atoms with Gasteiger partial charge in [0.2, 0.25) is 5.91 Å². The number of hydrogen-bond acceptors (Lipinski definition) is 5. The van der Waals surface area contributed by atoms with E-state index in [4.69, 9.17) is 11.6 Å². The van der Waals surface area contributed by atoms with Gasteiger partial charge in [-0.2, -0.15) is 0 Å². The average molecular weight is 486 g/mol. The van der Waals surface area contributed by atoms with E-state index in [9.17, 15) is 9.59 Å². The summed E-state index contributed by atoms with van der Waals surface area (Å²) in [5.74, 6) is 0.467. The highest BCUT2D eigenvalue weighted by Gasteiger charge is 2.26. The van der Waals surface area contributed by atoms with Crippen molar-refractivity contribution >= 4 is 40.9 Å². The second-order valence-corrected chi connectivity index (χ2v) is 9.56. The molecular weight excluding hydrogens is 458 g/mol. The van der Waals surface area contributed by atoms with Crippen LogP contribution in [0.3, 0.4) is 0 Å². The molecule has 33 heavy (non-hydrogen) atoms. The van der Waals surface area contributed by atoms with Gasteiger partial charge in [0, 0.05) is 12.7 Å². The van der Waals surface area contributed by atoms with Crippen molar-refractivity contribution in [2.75, 3.05) is 11.1 Å². The van der Waals surface area contributed by atoms with Crippen LogP contribution in [0, 0.1) is 19.8 Å². The lowest BCUT2D eigenvalue weighted by molar-refractivity contribution is -0.113. The summed E-state index contributed by atoms with van der Waals surface area (Å²) in [5, 5.41) is 15.5. The predicted molar refractivity (Wildman–Crippen MR) is 133 cm³/mol. The fourth-order valence-electron chi connectivity index (χ4n) is 3.26. The van der Waals surface area contributed by atoms with Crippen LogP contribution in [-0.4, -0.2) is 32.3 Å². The third-order valence-corrected chi connectivity index (χ3v) is 6.69. The van der Waals surface area contributed by atoms with Gasteiger partial charge in [-0.1, -0.05) is 55.4 Å². The van der Waals surface area contributed by atoms with Gasteiger partial charge in [-0.15, -0.1) is 10.2 Å². The van der Waals surface area contributed by atoms with Gasteiger partial charge in [-0.05, 0) is 55.2 Å². The minimum absolute atomic E-state index is 0.0604. The van der Waals surface area contributed by atoms with Gasteiger partial charge in [0.15, 0.2) is 11.0 Å². The summed E-state index contributed by atoms with van der Waals surface area (Å²) in [6.45, 7) is 8.03. The first-order chi connectivity index (χ1) is 15.7. The minimum atomic E-state index is -0.370. The smallest absolute Gasteiger partial charge is 0.253 e. The van der Waals surface area contributed by atoms with Crippen molar-refractivity contribution in [1.29, 1.82) is 0 Å². The molecule has 2 aromatic carbocycles. The van der Waals surface area contributed by atoms with Crippen molar-refractivity contribution in [1.82, 2.24) is 20.1 Å². The number of carbonyl (C=O) groups excluding carboxylic acids is 2. The molecule has 9 heteroatoms. The maximum atomic E-state index is 12.8. The molecule has 3 aromatic rings. The molecule has 0 aliphatic heterocycles. The molecule has 2 amide bonds. The van der Waals surface area contributed by atoms with Gasteiger partial charge >= 0.3 is 0 Å². The van der Waals surface area contributed by atoms with Gasteiger partial charge in [0.25, 0.3) is 5.91 Å². The summed E-state index contributed by atoms with van der Waals surface area (Å²) in [7, 11) is 1.83. The van der Waals surface area contributed by atoms with Crippen molar-refractivity contribution in [2.45, 2.75) is 38.9 Å². The molecule has 0 radical (unpaired) electrons. The number of nitrogens with one attached hydrogen (secondary N) is 2. The number of halogens is 1. The third-order valence-electron chi connectivity index (χ3n) is 5.34. The molecule has 7 nitrogen and oxygen atoms in total. The summed E-state index contributed by atoms with van der Waals surface area (Å²) < 4.78 is 1.81. The fourth-order valence-corrected chi connectivity index (χ4v) is 4.20. The molecule has 0 aliphatic carbocycles. The number of hydrogen-bond donors (Lipinski definition) is 2. The maximum absolute atomic E-state index is 12.8. The second-order valence-electron chi connectivity index (χ2n) is 8.21. The van der Waals surface area contributed by atoms with Crippen molar-refractivity contribution in [3.8, 4) is 0 Å². The zero-order valence-corrected chi connectivity index (χ0v) is 20.9. The number of benzene rings is 2. The number of aryl methyl sites for hydroxylation is 2. The van der Waals surface area contributed by atoms with Crippen LogP contribution < -0.4 is 10.6 Å². The van der Waals surface area contributed by atoms with Crippen molar-refractivity contribution in [2.24, 2.45) is 13.0 Å². The largest absolute Gasteiger partial charge is 0.342 e. The third kappa shape index (κ3) is 6.15. The highest BCUT2D eigenvalue weighted by molar-refractivity contribution is 7.99. The first-order valence-corrected chi connectivity index (χ1v) is 12.0. The molecule has 174 valence electrons. The molecule has 0 fully saturated rings. The van der Waals surface area contributed by atoms with Crippen LogP contribution in [0.15, 0.2) is 47.6 Å². The number of nitrogens with zero attached hydrogens (tertiary/aromatic N) is 3. The van der Waals surface area contributed by atoms with Gasteiger partial charge in [0.1, 0.15) is 0 Å². The number of amides is 2. The lowest BCUT2D eigenvalue weighted by Gasteiger charge is -2.22. The van der Waals surface area contributed by atoms with Crippen molar-refractivity contribution < 1.29 is 9.59 Å². The van der Waals surface area contributed by atoms with Crippen LogP contribution >= 0.6 is 23.4 Å². The molecule has 1 heterocycles. The Morgan fingerprint density at radius 3 is 2.48 bits per heavy atom. The van der Waals surface area contributed by atoms with Crippen LogP contribution in [0.4, 0.5) is 5.69 Å². The molecule has 0 saturated heterocycles. The monoisotopic (exact) mass is 485 g/mol. The van der Waals surface area contributed by atoms with E-state index < -0.39 is 0 Å². The summed E-state index contributed by atoms with van der Waals surface area (Å²) in [6, 6.07) is 12.4. The minimum Gasteiger partial charge on any atom is -0.342 e. The first-order valence-electron chi connectivity index (χ1n) is 10.6. The van der Waals surface area contributed by atoms with Crippen LogP contribution in [0.5, 0.6) is 0 Å². The van der Waals surface area contributed by atoms with E-state index in [1.54, 1.807) is 24.3 Å². The van der Waals surface area contributed by atoms with Crippen molar-refractivity contribution in [3.05, 3.63) is 70.0 Å². The number of aromatic nitrogens is 3. The Kier molecular flexibility index (Phi) is 8.15. The second kappa shape index (κ2) is 10.9. The van der Waals surface area contributed by atoms with E-state index in [2.05, 4.69) is 20.8 Å². The molecule has 2 N–H and O–H groups in total. The van der Waals surface area contributed by atoms with Gasteiger partial charge in [-0.25, -0.2) is 0 Å². The Morgan fingerprint density at radius 1 is 1.09 bits per heavy atom. The number of thioether (sulfide) groups is 1. The van der Waals surface area contributed by atoms with Gasteiger partial charge in [-0.3, -0.25) is 9.59 Å². The molecule has 0 spiro atoms. The summed E-state index contributed by atoms with van der Waals surface area (Å²) in [6.07, 6.45) is 0. The van der Waals surface area contributed by atoms with E-state index in [1.807, 2.05) is 57.5 Å². The zero-order valence-electron chi connectivity index (χ0n) is 19.3. The van der Waals surface area contributed by atoms with Crippen LogP contribution in [-0.2, 0) is 11.8 Å². The summed E-state index contributed by atoms with van der Waals surface area (Å²) in [5.41, 5.74) is 3.47. The Morgan fingerprint density at radius 2 is 1.82 bits per heavy atom. The van der Waals surface area contributed by atoms with Crippen LogP contribution in [0.2, 0.25) is 5.02 Å². The molecule has 0 bridgehead atoms. The van der Waals surface area contributed by atoms with Gasteiger partial charge < -0.3 is 15.2 Å². The molecule has 0 unspecified atom stereocenters. The quantitative estimate of drug-likeness (QED) is 0.441. The van der Waals surface area contributed by atoms with Crippen LogP contribution in [0.1, 0.15) is 47.2 Å². The molecule has 3 rings (SSSR count). The Labute approximate surface area is 203 Å². The average Bonchev–Trinajstić information content (AvgIpc) is 3.13. The normalized spacial score (nSPS) is 12.0. The van der Waals surface area contributed by atoms with E-state index >= 15 is 0 Å². The standard InChI is InChI=1S/C24H28ClN5O2S/c1-14(2)21(27-23(32)18-8-6-7-9-19(18)25)22-28-29-24(30(22)5)33-13-20(31)26-17-11-10-15(3)16(4)12-17/h6-12,14,21H,13H2,1-5H3,(H,26,31)(H,27,32)/t21-/m0/s1. The lowest BCUT2D eigenvalue weighted by Crippen LogP contribution is -2.33. The highest BCUT2D eigenvalue weighted by atomic mass is 35.5. The first kappa shape index (κ1) is 24.8. The Hall–Kier alpha value is -2.84. The van der Waals surface area contributed by atoms with E-state index in [-0.39, 0.29) is 29.5 Å². The molecule has 1 atom stereocenters. The fraction of sp³-hybridized carbons (Fsp3) is 0.333. The number of carbonyl (C=O) groups is 2. The SMILES string of the molecule is Cc1ccc(NC(=O)CSc2nnc([C@@H](NC(=O)c3ccccc3Cl)C(C)C)n2C)cc1C. The van der Waals surface area contributed by atoms with E-state index in [1.165, 1.54) is 17.3 Å². The summed E-state index contributed by atoms with van der Waals surface area (Å²) >= 11 is 7.47. The predicted octanol–water partition coefficient (Wildman–Crippen LogP) is 4.94. The highest BCUT2D eigenvalue weighted by Crippen LogP contribution is 2.25. The molecule has 1 aromatic heterocycles. The maximum Gasteiger partial charge on any atom is 0.253 e. The Bertz CT molecular complexity index is 1160.